The van der Waals surface area contributed by atoms with Crippen LogP contribution in [0.4, 0.5) is 5.69 Å². The summed E-state index contributed by atoms with van der Waals surface area (Å²) in [7, 11) is 0. The van der Waals surface area contributed by atoms with Crippen LogP contribution in [0.3, 0.4) is 0 Å². The van der Waals surface area contributed by atoms with E-state index in [1.807, 2.05) is 26.8 Å². The molecular weight excluding hydrogens is 475 g/mol. The Kier molecular flexibility index (Phi) is 8.89. The Morgan fingerprint density at radius 2 is 1.93 bits per heavy atom. The number of hydrogen-bond acceptors (Lipinski definition) is 5. The predicted octanol–water partition coefficient (Wildman–Crippen LogP) is 3.39. The van der Waals surface area contributed by atoms with Gasteiger partial charge < -0.3 is 20.2 Å². The van der Waals surface area contributed by atoms with Crippen LogP contribution in [0, 0.1) is 24.0 Å². The van der Waals surface area contributed by atoms with Gasteiger partial charge in [0.15, 0.2) is 5.96 Å². The maximum atomic E-state index is 10.8. The standard InChI is InChI=1S/C19H26N4O4.HI/c1-5-20-18(21-11-15-6-8-16(9-7-15)23(25)26)22-12-19(4,24)17-10-13(2)27-14(17)3;/h6-10,24H,5,11-12H2,1-4H3,(H2,20,21,22);1H. The van der Waals surface area contributed by atoms with E-state index in [-0.39, 0.29) is 36.2 Å². The summed E-state index contributed by atoms with van der Waals surface area (Å²) in [6.45, 7) is 8.61. The van der Waals surface area contributed by atoms with Gasteiger partial charge in [-0.05, 0) is 39.3 Å². The van der Waals surface area contributed by atoms with Gasteiger partial charge >= 0.3 is 0 Å². The lowest BCUT2D eigenvalue weighted by Gasteiger charge is -2.24. The zero-order chi connectivity index (χ0) is 20.0. The molecular formula is C19H27IN4O4. The van der Waals surface area contributed by atoms with Crippen molar-refractivity contribution in [2.45, 2.75) is 39.8 Å². The average Bonchev–Trinajstić information content (AvgIpc) is 2.97. The highest BCUT2D eigenvalue weighted by atomic mass is 127. The number of aryl methyl sites for hydroxylation is 2. The monoisotopic (exact) mass is 502 g/mol. The number of guanidine groups is 1. The molecule has 9 heteroatoms. The molecule has 0 aliphatic carbocycles. The Labute approximate surface area is 181 Å². The minimum absolute atomic E-state index is 0. The SMILES string of the molecule is CCNC(=NCc1ccc([N+](=O)[O-])cc1)NCC(C)(O)c1cc(C)oc1C.I. The number of furan rings is 1. The predicted molar refractivity (Wildman–Crippen MR) is 119 cm³/mol. The third-order valence-corrected chi connectivity index (χ3v) is 4.13. The van der Waals surface area contributed by atoms with Gasteiger partial charge in [-0.2, -0.15) is 0 Å². The second-order valence-corrected chi connectivity index (χ2v) is 6.57. The summed E-state index contributed by atoms with van der Waals surface area (Å²) >= 11 is 0. The first-order valence-corrected chi connectivity index (χ1v) is 8.78. The minimum Gasteiger partial charge on any atom is -0.466 e. The van der Waals surface area contributed by atoms with E-state index in [2.05, 4.69) is 15.6 Å². The summed E-state index contributed by atoms with van der Waals surface area (Å²) in [4.78, 5) is 14.8. The lowest BCUT2D eigenvalue weighted by Crippen LogP contribution is -2.44. The van der Waals surface area contributed by atoms with E-state index in [9.17, 15) is 15.2 Å². The molecule has 1 heterocycles. The van der Waals surface area contributed by atoms with Crippen LogP contribution in [0.15, 0.2) is 39.7 Å². The van der Waals surface area contributed by atoms with Gasteiger partial charge in [0.2, 0.25) is 0 Å². The Morgan fingerprint density at radius 1 is 1.29 bits per heavy atom. The molecule has 1 aromatic heterocycles. The van der Waals surface area contributed by atoms with Gasteiger partial charge in [-0.15, -0.1) is 24.0 Å². The fraction of sp³-hybridized carbons (Fsp3) is 0.421. The van der Waals surface area contributed by atoms with Crippen molar-refractivity contribution >= 4 is 35.6 Å². The summed E-state index contributed by atoms with van der Waals surface area (Å²) < 4.78 is 5.51. The molecule has 1 unspecified atom stereocenters. The van der Waals surface area contributed by atoms with Crippen molar-refractivity contribution in [3.8, 4) is 0 Å². The molecule has 0 saturated carbocycles. The molecule has 0 aliphatic heterocycles. The van der Waals surface area contributed by atoms with Gasteiger partial charge in [0.1, 0.15) is 17.1 Å². The van der Waals surface area contributed by atoms with Gasteiger partial charge in [-0.1, -0.05) is 12.1 Å². The van der Waals surface area contributed by atoms with Gasteiger partial charge in [-0.25, -0.2) is 4.99 Å². The van der Waals surface area contributed by atoms with Crippen molar-refractivity contribution in [1.82, 2.24) is 10.6 Å². The van der Waals surface area contributed by atoms with Crippen LogP contribution < -0.4 is 10.6 Å². The number of aliphatic hydroxyl groups is 1. The van der Waals surface area contributed by atoms with Crippen molar-refractivity contribution in [1.29, 1.82) is 0 Å². The number of nitro benzene ring substituents is 1. The molecule has 0 radical (unpaired) electrons. The van der Waals surface area contributed by atoms with Crippen molar-refractivity contribution in [3.63, 3.8) is 0 Å². The van der Waals surface area contributed by atoms with Crippen LogP contribution in [0.25, 0.3) is 0 Å². The number of nitrogens with zero attached hydrogens (tertiary/aromatic N) is 2. The summed E-state index contributed by atoms with van der Waals surface area (Å²) in [6, 6.07) is 8.11. The van der Waals surface area contributed by atoms with E-state index < -0.39 is 10.5 Å². The number of aliphatic imine (C=N–C) groups is 1. The fourth-order valence-corrected chi connectivity index (χ4v) is 2.75. The number of hydrogen-bond donors (Lipinski definition) is 3. The Bertz CT molecular complexity index is 816. The van der Waals surface area contributed by atoms with E-state index >= 15 is 0 Å². The van der Waals surface area contributed by atoms with E-state index in [0.29, 0.717) is 24.8 Å². The number of halogens is 1. The first-order chi connectivity index (χ1) is 12.7. The van der Waals surface area contributed by atoms with Crippen LogP contribution in [0.2, 0.25) is 0 Å². The second-order valence-electron chi connectivity index (χ2n) is 6.57. The maximum Gasteiger partial charge on any atom is 0.269 e. The van der Waals surface area contributed by atoms with Crippen molar-refractivity contribution in [2.75, 3.05) is 13.1 Å². The molecule has 1 aromatic carbocycles. The number of nitro groups is 1. The van der Waals surface area contributed by atoms with E-state index in [4.69, 9.17) is 4.42 Å². The number of benzene rings is 1. The Hall–Kier alpha value is -2.14. The van der Waals surface area contributed by atoms with Crippen molar-refractivity contribution in [3.05, 3.63) is 63.1 Å². The number of non-ortho nitro benzene ring substituents is 1. The molecule has 2 rings (SSSR count). The summed E-state index contributed by atoms with van der Waals surface area (Å²) in [5.74, 6) is 1.99. The smallest absolute Gasteiger partial charge is 0.269 e. The highest BCUT2D eigenvalue weighted by Crippen LogP contribution is 2.26. The molecule has 0 saturated heterocycles. The highest BCUT2D eigenvalue weighted by molar-refractivity contribution is 14.0. The van der Waals surface area contributed by atoms with E-state index in [1.54, 1.807) is 19.1 Å². The molecule has 0 fully saturated rings. The van der Waals surface area contributed by atoms with Crippen molar-refractivity contribution in [2.24, 2.45) is 4.99 Å². The molecule has 154 valence electrons. The molecule has 8 nitrogen and oxygen atoms in total. The molecule has 0 spiro atoms. The minimum atomic E-state index is -1.12. The van der Waals surface area contributed by atoms with Crippen LogP contribution >= 0.6 is 24.0 Å². The van der Waals surface area contributed by atoms with E-state index in [1.165, 1.54) is 12.1 Å². The fourth-order valence-electron chi connectivity index (χ4n) is 2.75. The number of nitrogens with one attached hydrogen (secondary N) is 2. The zero-order valence-corrected chi connectivity index (χ0v) is 18.8. The zero-order valence-electron chi connectivity index (χ0n) is 16.5. The van der Waals surface area contributed by atoms with Crippen LogP contribution in [-0.4, -0.2) is 29.1 Å². The molecule has 0 aliphatic rings. The Morgan fingerprint density at radius 3 is 2.43 bits per heavy atom. The first-order valence-electron chi connectivity index (χ1n) is 8.78. The average molecular weight is 502 g/mol. The normalized spacial score (nSPS) is 13.4. The Balaban J connectivity index is 0.00000392. The van der Waals surface area contributed by atoms with Crippen molar-refractivity contribution < 1.29 is 14.4 Å². The molecule has 3 N–H and O–H groups in total. The third-order valence-electron chi connectivity index (χ3n) is 4.13. The molecule has 1 atom stereocenters. The number of rotatable bonds is 7. The van der Waals surface area contributed by atoms with Crippen LogP contribution in [0.1, 0.15) is 36.5 Å². The molecule has 2 aromatic rings. The van der Waals surface area contributed by atoms with E-state index in [0.717, 1.165) is 16.9 Å². The summed E-state index contributed by atoms with van der Waals surface area (Å²) in [5, 5.41) is 27.8. The molecule has 0 bridgehead atoms. The third kappa shape index (κ3) is 6.48. The van der Waals surface area contributed by atoms with Gasteiger partial charge in [0.25, 0.3) is 5.69 Å². The largest absolute Gasteiger partial charge is 0.466 e. The van der Waals surface area contributed by atoms with Crippen LogP contribution in [0.5, 0.6) is 0 Å². The molecule has 28 heavy (non-hydrogen) atoms. The van der Waals surface area contributed by atoms with Gasteiger partial charge in [0, 0.05) is 24.2 Å². The summed E-state index contributed by atoms with van der Waals surface area (Å²) in [5.41, 5.74) is 0.518. The maximum absolute atomic E-state index is 10.8. The second kappa shape index (κ2) is 10.4. The lowest BCUT2D eigenvalue weighted by atomic mass is 9.96. The highest BCUT2D eigenvalue weighted by Gasteiger charge is 2.27. The van der Waals surface area contributed by atoms with Gasteiger partial charge in [0.05, 0.1) is 18.0 Å². The summed E-state index contributed by atoms with van der Waals surface area (Å²) in [6.07, 6.45) is 0. The molecule has 0 amide bonds. The van der Waals surface area contributed by atoms with Crippen LogP contribution in [-0.2, 0) is 12.1 Å². The first kappa shape index (κ1) is 23.9. The topological polar surface area (TPSA) is 113 Å². The van der Waals surface area contributed by atoms with Gasteiger partial charge in [-0.3, -0.25) is 10.1 Å². The quantitative estimate of drug-likeness (QED) is 0.176. The lowest BCUT2D eigenvalue weighted by molar-refractivity contribution is -0.384.